The van der Waals surface area contributed by atoms with E-state index in [2.05, 4.69) is 13.8 Å². The Kier molecular flexibility index (Phi) is 3.85. The molecule has 134 valence electrons. The molecule has 0 amide bonds. The van der Waals surface area contributed by atoms with E-state index in [9.17, 15) is 4.79 Å². The fourth-order valence-corrected chi connectivity index (χ4v) is 7.03. The zero-order valence-corrected chi connectivity index (χ0v) is 15.4. The van der Waals surface area contributed by atoms with Crippen molar-refractivity contribution in [2.75, 3.05) is 0 Å². The van der Waals surface area contributed by atoms with Crippen molar-refractivity contribution in [1.29, 1.82) is 0 Å². The van der Waals surface area contributed by atoms with E-state index in [1.54, 1.807) is 0 Å². The molecule has 2 nitrogen and oxygen atoms in total. The zero-order valence-electron chi connectivity index (χ0n) is 15.4. The highest BCUT2D eigenvalue weighted by molar-refractivity contribution is 5.66. The number of carbonyl (C=O) groups is 1. The number of carbonyl (C=O) groups excluding carboxylic acids is 1. The lowest BCUT2D eigenvalue weighted by Gasteiger charge is -2.57. The number of rotatable bonds is 1. The van der Waals surface area contributed by atoms with E-state index in [1.165, 1.54) is 39.0 Å². The maximum atomic E-state index is 15.2. The fraction of sp³-hybridized carbons (Fsp3) is 0.857. The summed E-state index contributed by atoms with van der Waals surface area (Å²) in [5.74, 6) is 1.77. The number of ether oxygens (including phenoxy) is 1. The Hall–Kier alpha value is -0.860. The van der Waals surface area contributed by atoms with Crippen LogP contribution in [0.4, 0.5) is 4.39 Å². The van der Waals surface area contributed by atoms with E-state index in [0.29, 0.717) is 36.0 Å². The Morgan fingerprint density at radius 3 is 2.62 bits per heavy atom. The first kappa shape index (κ1) is 16.6. The first-order valence-corrected chi connectivity index (χ1v) is 9.89. The standard InChI is InChI=1S/C21H31FO2/c1-13(23)24-14-6-10-21(3)17-7-9-20(2)8-4-5-16(20)15(17)12-19(22)18(21)11-14/h14-17H,4-12H2,1-3H3/t14-,15-,16-,17-,20-,21-/m1/s1. The van der Waals surface area contributed by atoms with Crippen LogP contribution >= 0.6 is 0 Å². The summed E-state index contributed by atoms with van der Waals surface area (Å²) in [6, 6.07) is 0. The lowest BCUT2D eigenvalue weighted by molar-refractivity contribution is -0.148. The molecule has 4 aliphatic carbocycles. The third kappa shape index (κ3) is 2.37. The van der Waals surface area contributed by atoms with Gasteiger partial charge >= 0.3 is 5.97 Å². The second-order valence-corrected chi connectivity index (χ2v) is 9.44. The van der Waals surface area contributed by atoms with Crippen LogP contribution < -0.4 is 0 Å². The van der Waals surface area contributed by atoms with Gasteiger partial charge in [0.05, 0.1) is 0 Å². The third-order valence-electron chi connectivity index (χ3n) is 8.22. The number of halogens is 1. The molecule has 0 heterocycles. The van der Waals surface area contributed by atoms with E-state index in [0.717, 1.165) is 18.4 Å². The van der Waals surface area contributed by atoms with Gasteiger partial charge in [0.1, 0.15) is 11.9 Å². The summed E-state index contributed by atoms with van der Waals surface area (Å²) in [6.07, 6.45) is 9.53. The second kappa shape index (κ2) is 5.57. The molecule has 3 heteroatoms. The van der Waals surface area contributed by atoms with Gasteiger partial charge in [-0.1, -0.05) is 20.3 Å². The summed E-state index contributed by atoms with van der Waals surface area (Å²) in [6.45, 7) is 6.22. The van der Waals surface area contributed by atoms with Crippen molar-refractivity contribution >= 4 is 5.97 Å². The average Bonchev–Trinajstić information content (AvgIpc) is 2.90. The van der Waals surface area contributed by atoms with Crippen LogP contribution in [0, 0.1) is 28.6 Å². The summed E-state index contributed by atoms with van der Waals surface area (Å²) in [5.41, 5.74) is 1.44. The molecule has 0 radical (unpaired) electrons. The predicted octanol–water partition coefficient (Wildman–Crippen LogP) is 5.57. The number of allylic oxidation sites excluding steroid dienone is 1. The van der Waals surface area contributed by atoms with E-state index < -0.39 is 0 Å². The number of esters is 1. The van der Waals surface area contributed by atoms with Crippen molar-refractivity contribution in [3.63, 3.8) is 0 Å². The molecule has 0 aromatic rings. The molecule has 3 fully saturated rings. The highest BCUT2D eigenvalue weighted by atomic mass is 19.1. The zero-order chi connectivity index (χ0) is 17.1. The molecule has 0 bridgehead atoms. The van der Waals surface area contributed by atoms with Crippen LogP contribution in [-0.2, 0) is 9.53 Å². The molecule has 0 aliphatic heterocycles. The topological polar surface area (TPSA) is 26.3 Å². The minimum Gasteiger partial charge on any atom is -0.462 e. The van der Waals surface area contributed by atoms with Gasteiger partial charge in [-0.15, -0.1) is 0 Å². The largest absolute Gasteiger partial charge is 0.462 e. The smallest absolute Gasteiger partial charge is 0.302 e. The molecular formula is C21H31FO2. The minimum atomic E-state index is -0.238. The summed E-state index contributed by atoms with van der Waals surface area (Å²) in [4.78, 5) is 11.3. The van der Waals surface area contributed by atoms with E-state index in [4.69, 9.17) is 4.74 Å². The monoisotopic (exact) mass is 334 g/mol. The number of hydrogen-bond acceptors (Lipinski definition) is 2. The highest BCUT2D eigenvalue weighted by Crippen LogP contribution is 2.66. The van der Waals surface area contributed by atoms with Gasteiger partial charge in [-0.05, 0) is 72.7 Å². The van der Waals surface area contributed by atoms with Gasteiger partial charge in [0.2, 0.25) is 0 Å². The van der Waals surface area contributed by atoms with Gasteiger partial charge in [-0.25, -0.2) is 4.39 Å². The Labute approximate surface area is 145 Å². The third-order valence-corrected chi connectivity index (χ3v) is 8.22. The van der Waals surface area contributed by atoms with Gasteiger partial charge in [-0.2, -0.15) is 0 Å². The van der Waals surface area contributed by atoms with Crippen molar-refractivity contribution < 1.29 is 13.9 Å². The molecule has 0 spiro atoms. The van der Waals surface area contributed by atoms with Crippen LogP contribution in [0.3, 0.4) is 0 Å². The summed E-state index contributed by atoms with van der Waals surface area (Å²) >= 11 is 0. The molecule has 0 unspecified atom stereocenters. The summed E-state index contributed by atoms with van der Waals surface area (Å²) in [5, 5.41) is 0. The molecule has 0 N–H and O–H groups in total. The van der Waals surface area contributed by atoms with Crippen molar-refractivity contribution in [2.45, 2.75) is 84.7 Å². The Morgan fingerprint density at radius 1 is 1.08 bits per heavy atom. The normalized spacial score (nSPS) is 47.7. The van der Waals surface area contributed by atoms with Crippen LogP contribution in [0.15, 0.2) is 11.4 Å². The van der Waals surface area contributed by atoms with Crippen LogP contribution in [0.1, 0.15) is 78.6 Å². The molecule has 0 saturated heterocycles. The van der Waals surface area contributed by atoms with Crippen molar-refractivity contribution in [2.24, 2.45) is 28.6 Å². The quantitative estimate of drug-likeness (QED) is 0.586. The van der Waals surface area contributed by atoms with Crippen LogP contribution in [-0.4, -0.2) is 12.1 Å². The molecule has 24 heavy (non-hydrogen) atoms. The van der Waals surface area contributed by atoms with Crippen LogP contribution in [0.25, 0.3) is 0 Å². The molecule has 6 atom stereocenters. The lowest BCUT2D eigenvalue weighted by Crippen LogP contribution is -2.50. The first-order valence-electron chi connectivity index (χ1n) is 9.89. The highest BCUT2D eigenvalue weighted by Gasteiger charge is 2.57. The predicted molar refractivity (Wildman–Crippen MR) is 91.9 cm³/mol. The summed E-state index contributed by atoms with van der Waals surface area (Å²) < 4.78 is 20.6. The van der Waals surface area contributed by atoms with Crippen molar-refractivity contribution in [3.05, 3.63) is 11.4 Å². The molecular weight excluding hydrogens is 303 g/mol. The maximum absolute atomic E-state index is 15.2. The van der Waals surface area contributed by atoms with Gasteiger partial charge in [0, 0.05) is 19.8 Å². The van der Waals surface area contributed by atoms with Gasteiger partial charge < -0.3 is 4.74 Å². The number of fused-ring (bicyclic) bond motifs is 5. The van der Waals surface area contributed by atoms with Crippen molar-refractivity contribution in [1.82, 2.24) is 0 Å². The Bertz CT molecular complexity index is 582. The second-order valence-electron chi connectivity index (χ2n) is 9.44. The molecule has 4 rings (SSSR count). The van der Waals surface area contributed by atoms with E-state index >= 15 is 4.39 Å². The van der Waals surface area contributed by atoms with Gasteiger partial charge in [-0.3, -0.25) is 4.79 Å². The molecule has 4 aliphatic rings. The van der Waals surface area contributed by atoms with Gasteiger partial charge in [0.25, 0.3) is 0 Å². The minimum absolute atomic E-state index is 0.00638. The Balaban J connectivity index is 1.64. The summed E-state index contributed by atoms with van der Waals surface area (Å²) in [7, 11) is 0. The van der Waals surface area contributed by atoms with Gasteiger partial charge in [0.15, 0.2) is 0 Å². The van der Waals surface area contributed by atoms with Crippen molar-refractivity contribution in [3.8, 4) is 0 Å². The van der Waals surface area contributed by atoms with E-state index in [1.807, 2.05) is 0 Å². The van der Waals surface area contributed by atoms with E-state index in [-0.39, 0.29) is 23.3 Å². The molecule has 0 aromatic carbocycles. The first-order chi connectivity index (χ1) is 11.3. The van der Waals surface area contributed by atoms with Crippen LogP contribution in [0.5, 0.6) is 0 Å². The molecule has 3 saturated carbocycles. The maximum Gasteiger partial charge on any atom is 0.302 e. The lowest BCUT2D eigenvalue weighted by atomic mass is 9.48. The Morgan fingerprint density at radius 2 is 1.88 bits per heavy atom. The average molecular weight is 334 g/mol. The molecule has 0 aromatic heterocycles. The van der Waals surface area contributed by atoms with Crippen LogP contribution in [0.2, 0.25) is 0 Å². The SMILES string of the molecule is CC(=O)O[C@@H]1CC[C@@]2(C)C(=C(F)C[C@@H]3[C@H]4CCC[C@]4(C)CC[C@H]32)C1. The number of hydrogen-bond donors (Lipinski definition) is 0. The fourth-order valence-electron chi connectivity index (χ4n) is 7.03.